The van der Waals surface area contributed by atoms with E-state index in [0.29, 0.717) is 25.7 Å². The maximum Gasteiger partial charge on any atom is 0.472 e. The number of aliphatic hydroxyl groups is 2. The van der Waals surface area contributed by atoms with Gasteiger partial charge in [-0.25, -0.2) is 9.13 Å². The third kappa shape index (κ3) is 92.7. The molecule has 0 rings (SSSR count). The first-order valence-corrected chi connectivity index (χ1v) is 49.4. The molecule has 16 nitrogen and oxygen atoms in total. The van der Waals surface area contributed by atoms with Crippen LogP contribution in [0.25, 0.3) is 0 Å². The van der Waals surface area contributed by atoms with Crippen molar-refractivity contribution < 1.29 is 75.8 Å². The van der Waals surface area contributed by atoms with Gasteiger partial charge in [0.2, 0.25) is 0 Å². The quantitative estimate of drug-likeness (QED) is 0.0146. The van der Waals surface area contributed by atoms with Crippen LogP contribution in [0.15, 0.2) is 207 Å². The van der Waals surface area contributed by atoms with Gasteiger partial charge in [0.15, 0.2) is 6.10 Å². The Kier molecular flexibility index (Phi) is 86.8. The number of carbonyl (C=O) groups is 3. The molecule has 0 aromatic rings. The summed E-state index contributed by atoms with van der Waals surface area (Å²) in [5.41, 5.74) is 0. The van der Waals surface area contributed by atoms with E-state index in [4.69, 9.17) is 32.3 Å². The van der Waals surface area contributed by atoms with Crippen molar-refractivity contribution in [2.45, 2.75) is 373 Å². The number of aliphatic hydroxyl groups excluding tert-OH is 2. The Balaban J connectivity index is 4.63. The zero-order valence-corrected chi connectivity index (χ0v) is 76.2. The molecule has 0 heterocycles. The Bertz CT molecular complexity index is 2990. The van der Waals surface area contributed by atoms with Gasteiger partial charge in [-0.3, -0.25) is 32.5 Å². The molecule has 0 aromatic carbocycles. The lowest BCUT2D eigenvalue weighted by molar-refractivity contribution is -0.161. The zero-order chi connectivity index (χ0) is 86.5. The van der Waals surface area contributed by atoms with Crippen molar-refractivity contribution in [3.8, 4) is 0 Å². The Morgan fingerprint density at radius 2 is 0.420 bits per heavy atom. The van der Waals surface area contributed by atoms with Gasteiger partial charge in [0, 0.05) is 19.3 Å². The van der Waals surface area contributed by atoms with Crippen LogP contribution in [0.1, 0.15) is 355 Å². The molecule has 5 unspecified atom stereocenters. The summed E-state index contributed by atoms with van der Waals surface area (Å²) in [6, 6.07) is 0. The Labute approximate surface area is 724 Å². The van der Waals surface area contributed by atoms with E-state index in [1.165, 1.54) is 116 Å². The standard InChI is InChI=1S/C101H166O16P2/c1-4-7-10-13-16-19-22-25-28-31-34-37-39-41-43-45-47-49-51-53-55-58-60-63-66-69-72-75-78-81-84-87-99(104)111-90-96(102)91-113-118(107,108)114-92-97(103)93-115-119(109,110)116-95-98(117-101(106)89-86-83-80-77-74-71-68-65-62-57-36-33-30-27-24-21-18-15-12-9-6-3)94-112-100(105)88-85-82-79-76-73-70-67-64-61-59-56-54-52-50-48-46-44-42-40-38-35-32-29-26-23-20-17-14-11-8-5-2/h7-12,16-21,25-30,34-38,41-44,47,49,57,65,68,74,77,96-98,102-103H,4-6,13-15,22-24,31-33,39-40,45-46,48,50-56,58-64,66-67,69-73,75-76,78-95H2,1-3H3,(H,107,108)(H,109,110)/b10-7-,11-8-,12-9-,19-16-,20-17-,21-18-,28-25-,29-26-,30-27-,37-34-,38-35-,43-41-,44-42-,49-47-,57-36-,68-65-,77-74-. The minimum absolute atomic E-state index is 0.0436. The fraction of sp³-hybridized carbons (Fsp3) is 0.634. The molecule has 676 valence electrons. The Morgan fingerprint density at radius 1 is 0.235 bits per heavy atom. The number of ether oxygens (including phenoxy) is 3. The summed E-state index contributed by atoms with van der Waals surface area (Å²) in [5.74, 6) is -1.63. The number of unbranched alkanes of at least 4 members (excludes halogenated alkanes) is 29. The topological polar surface area (TPSA) is 231 Å². The molecule has 0 saturated heterocycles. The molecule has 0 aliphatic carbocycles. The number of hydrogen-bond donors (Lipinski definition) is 4. The van der Waals surface area contributed by atoms with E-state index in [9.17, 15) is 43.5 Å². The van der Waals surface area contributed by atoms with Crippen LogP contribution in [-0.2, 0) is 55.8 Å². The molecule has 0 aliphatic heterocycles. The van der Waals surface area contributed by atoms with E-state index in [0.717, 1.165) is 173 Å². The highest BCUT2D eigenvalue weighted by atomic mass is 31.2. The molecular weight excluding hydrogens is 1530 g/mol. The van der Waals surface area contributed by atoms with Gasteiger partial charge in [0.1, 0.15) is 25.4 Å². The third-order valence-corrected chi connectivity index (χ3v) is 20.9. The summed E-state index contributed by atoms with van der Waals surface area (Å²) in [6.45, 7) is 2.31. The molecule has 18 heteroatoms. The molecule has 0 spiro atoms. The number of phosphoric acid groups is 2. The van der Waals surface area contributed by atoms with Crippen LogP contribution in [0.4, 0.5) is 0 Å². The van der Waals surface area contributed by atoms with Crippen molar-refractivity contribution in [2.75, 3.05) is 39.6 Å². The third-order valence-electron chi connectivity index (χ3n) is 19.0. The molecule has 119 heavy (non-hydrogen) atoms. The van der Waals surface area contributed by atoms with E-state index in [-0.39, 0.29) is 19.3 Å². The molecule has 0 fully saturated rings. The minimum atomic E-state index is -4.96. The van der Waals surface area contributed by atoms with Crippen molar-refractivity contribution in [1.29, 1.82) is 0 Å². The summed E-state index contributed by atoms with van der Waals surface area (Å²) in [7, 11) is -9.84. The molecule has 0 amide bonds. The molecular formula is C101H166O16P2. The van der Waals surface area contributed by atoms with E-state index >= 15 is 0 Å². The predicted molar refractivity (Wildman–Crippen MR) is 500 cm³/mol. The molecule has 0 saturated carbocycles. The van der Waals surface area contributed by atoms with E-state index < -0.39 is 91.5 Å². The van der Waals surface area contributed by atoms with Gasteiger partial charge in [-0.05, 0) is 167 Å². The van der Waals surface area contributed by atoms with Crippen molar-refractivity contribution in [3.63, 3.8) is 0 Å². The summed E-state index contributed by atoms with van der Waals surface area (Å²) in [5, 5.41) is 20.7. The predicted octanol–water partition coefficient (Wildman–Crippen LogP) is 28.8. The number of hydrogen-bond acceptors (Lipinski definition) is 14. The van der Waals surface area contributed by atoms with Crippen LogP contribution in [0.3, 0.4) is 0 Å². The number of esters is 3. The van der Waals surface area contributed by atoms with Crippen LogP contribution >= 0.6 is 15.6 Å². The zero-order valence-electron chi connectivity index (χ0n) is 74.5. The molecule has 0 bridgehead atoms. The number of phosphoric ester groups is 2. The average molecular weight is 1700 g/mol. The lowest BCUT2D eigenvalue weighted by Crippen LogP contribution is -2.30. The maximum absolute atomic E-state index is 13.1. The molecule has 0 radical (unpaired) electrons. The largest absolute Gasteiger partial charge is 0.472 e. The Morgan fingerprint density at radius 3 is 0.681 bits per heavy atom. The second kappa shape index (κ2) is 91.3. The van der Waals surface area contributed by atoms with Crippen molar-refractivity contribution in [2.24, 2.45) is 0 Å². The van der Waals surface area contributed by atoms with Gasteiger partial charge in [0.25, 0.3) is 0 Å². The molecule has 0 aliphatic rings. The first kappa shape index (κ1) is 113. The molecule has 5 atom stereocenters. The van der Waals surface area contributed by atoms with E-state index in [2.05, 4.69) is 227 Å². The number of carbonyl (C=O) groups excluding carboxylic acids is 3. The average Bonchev–Trinajstić information content (AvgIpc) is 0.905. The van der Waals surface area contributed by atoms with E-state index in [1.54, 1.807) is 0 Å². The van der Waals surface area contributed by atoms with E-state index in [1.807, 2.05) is 0 Å². The second-order valence-corrected chi connectivity index (χ2v) is 33.2. The highest BCUT2D eigenvalue weighted by Crippen LogP contribution is 2.45. The maximum atomic E-state index is 13.1. The summed E-state index contributed by atoms with van der Waals surface area (Å²) < 4.78 is 61.4. The SMILES string of the molecule is CC/C=C\C/C=C\C/C=C\C/C=C\C/C=C\C/C=C\CCCCCCCCCCCCCCC(=O)OCC(O)COP(=O)(O)OCC(O)COP(=O)(O)OCC(COC(=O)CCCCCCCCCCCCCCCCC/C=C\C/C=C\C/C=C\C/C=C\C/C=C\CC)OC(=O)CCCC/C=C\C/C=C\C/C=C\C/C=C\C/C=C\C/C=C\CC. The lowest BCUT2D eigenvalue weighted by Gasteiger charge is -2.21. The summed E-state index contributed by atoms with van der Waals surface area (Å²) in [6.07, 6.45) is 123. The minimum Gasteiger partial charge on any atom is -0.463 e. The van der Waals surface area contributed by atoms with Gasteiger partial charge in [0.05, 0.1) is 26.4 Å². The number of rotatable bonds is 86. The summed E-state index contributed by atoms with van der Waals surface area (Å²) in [4.78, 5) is 59.0. The van der Waals surface area contributed by atoms with Crippen LogP contribution in [0, 0.1) is 0 Å². The normalized spacial score (nSPS) is 14.7. The van der Waals surface area contributed by atoms with Gasteiger partial charge >= 0.3 is 33.6 Å². The van der Waals surface area contributed by atoms with Crippen LogP contribution in [0.2, 0.25) is 0 Å². The van der Waals surface area contributed by atoms with Gasteiger partial charge in [-0.2, -0.15) is 0 Å². The molecule has 4 N–H and O–H groups in total. The van der Waals surface area contributed by atoms with Crippen molar-refractivity contribution >= 4 is 33.6 Å². The second-order valence-electron chi connectivity index (χ2n) is 30.3. The van der Waals surface area contributed by atoms with Gasteiger partial charge < -0.3 is 34.2 Å². The first-order valence-electron chi connectivity index (χ1n) is 46.4. The fourth-order valence-electron chi connectivity index (χ4n) is 12.1. The smallest absolute Gasteiger partial charge is 0.463 e. The van der Waals surface area contributed by atoms with Crippen molar-refractivity contribution in [1.82, 2.24) is 0 Å². The first-order chi connectivity index (χ1) is 58.2. The summed E-state index contributed by atoms with van der Waals surface area (Å²) >= 11 is 0. The lowest BCUT2D eigenvalue weighted by atomic mass is 10.0. The highest BCUT2D eigenvalue weighted by molar-refractivity contribution is 7.47. The van der Waals surface area contributed by atoms with Gasteiger partial charge in [-0.15, -0.1) is 0 Å². The monoisotopic (exact) mass is 1700 g/mol. The molecule has 0 aromatic heterocycles. The van der Waals surface area contributed by atoms with Crippen LogP contribution < -0.4 is 0 Å². The highest BCUT2D eigenvalue weighted by Gasteiger charge is 2.29. The van der Waals surface area contributed by atoms with Crippen LogP contribution in [0.5, 0.6) is 0 Å². The fourth-order valence-corrected chi connectivity index (χ4v) is 13.7. The number of allylic oxidation sites excluding steroid dienone is 34. The Hall–Kier alpha value is -5.87. The van der Waals surface area contributed by atoms with Gasteiger partial charge in [-0.1, -0.05) is 375 Å². The van der Waals surface area contributed by atoms with Crippen LogP contribution in [-0.4, -0.2) is 95.9 Å². The van der Waals surface area contributed by atoms with Crippen molar-refractivity contribution in [3.05, 3.63) is 207 Å².